The number of carbonyl (C=O) groups is 1. The van der Waals surface area contributed by atoms with Gasteiger partial charge < -0.3 is 10.4 Å². The number of nitrogens with one attached hydrogen (secondary N) is 1. The van der Waals surface area contributed by atoms with Crippen molar-refractivity contribution in [3.05, 3.63) is 72.9 Å². The Balaban J connectivity index is 2.47. The zero-order valence-corrected chi connectivity index (χ0v) is 13.9. The van der Waals surface area contributed by atoms with Gasteiger partial charge in [-0.2, -0.15) is 0 Å². The van der Waals surface area contributed by atoms with E-state index >= 15 is 0 Å². The van der Waals surface area contributed by atoms with Crippen molar-refractivity contribution in [2.24, 2.45) is 5.92 Å². The van der Waals surface area contributed by atoms with Gasteiger partial charge in [0.2, 0.25) is 5.91 Å². The molecular weight excluding hydrogens is 286 g/mol. The van der Waals surface area contributed by atoms with Crippen LogP contribution in [0.4, 0.5) is 0 Å². The van der Waals surface area contributed by atoms with Crippen molar-refractivity contribution in [2.45, 2.75) is 32.2 Å². The molecule has 0 aliphatic heterocycles. The highest BCUT2D eigenvalue weighted by atomic mass is 16.3. The van der Waals surface area contributed by atoms with E-state index in [2.05, 4.69) is 30.6 Å². The maximum Gasteiger partial charge on any atom is 0.223 e. The number of aliphatic hydroxyl groups excluding tert-OH is 1. The van der Waals surface area contributed by atoms with Gasteiger partial charge in [0.15, 0.2) is 0 Å². The lowest BCUT2D eigenvalue weighted by atomic mass is 9.99. The summed E-state index contributed by atoms with van der Waals surface area (Å²) in [6, 6.07) is 9.82. The number of carbonyl (C=O) groups excluding carboxylic acids is 1. The maximum atomic E-state index is 12.3. The molecule has 2 N–H and O–H groups in total. The monoisotopic (exact) mass is 313 g/mol. The van der Waals surface area contributed by atoms with Gasteiger partial charge in [-0.25, -0.2) is 0 Å². The Morgan fingerprint density at radius 2 is 2.00 bits per heavy atom. The molecule has 3 heteroatoms. The van der Waals surface area contributed by atoms with Crippen LogP contribution in [0.3, 0.4) is 0 Å². The molecule has 3 nitrogen and oxygen atoms in total. The predicted molar refractivity (Wildman–Crippen MR) is 96.0 cm³/mol. The summed E-state index contributed by atoms with van der Waals surface area (Å²) >= 11 is 0. The minimum Gasteiger partial charge on any atom is -0.394 e. The van der Waals surface area contributed by atoms with E-state index in [4.69, 9.17) is 0 Å². The van der Waals surface area contributed by atoms with E-state index in [0.29, 0.717) is 0 Å². The average molecular weight is 313 g/mol. The van der Waals surface area contributed by atoms with Gasteiger partial charge in [-0.1, -0.05) is 68.6 Å². The van der Waals surface area contributed by atoms with Gasteiger partial charge in [0.25, 0.3) is 0 Å². The molecule has 0 heterocycles. The van der Waals surface area contributed by atoms with E-state index in [1.54, 1.807) is 18.2 Å². The standard InChI is InChI=1S/C20H27NO2/c1-4-10-18(5-2)19(15-22)21-20(23)16(3)11-9-14-17-12-7-6-8-13-17/h4-8,10,12-13,16,19,22H,1-2,9,11,14-15H2,3H3,(H,21,23). The Morgan fingerprint density at radius 3 is 2.57 bits per heavy atom. The molecule has 1 amide bonds. The van der Waals surface area contributed by atoms with E-state index in [1.165, 1.54) is 5.56 Å². The molecule has 0 bridgehead atoms. The Labute approximate surface area is 139 Å². The fraction of sp³-hybridized carbons (Fsp3) is 0.350. The lowest BCUT2D eigenvalue weighted by Crippen LogP contribution is -2.41. The number of rotatable bonds is 10. The second kappa shape index (κ2) is 10.6. The first kappa shape index (κ1) is 18.9. The number of amides is 1. The van der Waals surface area contributed by atoms with Gasteiger partial charge in [-0.05, 0) is 30.4 Å². The Hall–Kier alpha value is -2.13. The quantitative estimate of drug-likeness (QED) is 0.650. The van der Waals surface area contributed by atoms with Crippen molar-refractivity contribution in [3.63, 3.8) is 0 Å². The summed E-state index contributed by atoms with van der Waals surface area (Å²) in [7, 11) is 0. The number of hydrogen-bond acceptors (Lipinski definition) is 2. The topological polar surface area (TPSA) is 49.3 Å². The molecule has 124 valence electrons. The molecule has 0 radical (unpaired) electrons. The van der Waals surface area contributed by atoms with Crippen LogP contribution in [0.15, 0.2) is 67.3 Å². The van der Waals surface area contributed by atoms with Crippen LogP contribution in [0.5, 0.6) is 0 Å². The number of hydrogen-bond donors (Lipinski definition) is 2. The zero-order valence-electron chi connectivity index (χ0n) is 13.9. The largest absolute Gasteiger partial charge is 0.394 e. The van der Waals surface area contributed by atoms with Crippen LogP contribution in [-0.2, 0) is 11.2 Å². The van der Waals surface area contributed by atoms with E-state index in [-0.39, 0.29) is 18.4 Å². The second-order valence-corrected chi connectivity index (χ2v) is 5.63. The smallest absolute Gasteiger partial charge is 0.223 e. The first-order valence-corrected chi connectivity index (χ1v) is 8.02. The minimum absolute atomic E-state index is 0.0473. The summed E-state index contributed by atoms with van der Waals surface area (Å²) in [5, 5.41) is 12.3. The highest BCUT2D eigenvalue weighted by Gasteiger charge is 2.18. The van der Waals surface area contributed by atoms with Gasteiger partial charge in [-0.15, -0.1) is 0 Å². The number of aliphatic hydroxyl groups is 1. The first-order chi connectivity index (χ1) is 11.1. The van der Waals surface area contributed by atoms with Crippen LogP contribution in [0, 0.1) is 5.92 Å². The van der Waals surface area contributed by atoms with Gasteiger partial charge in [0, 0.05) is 5.92 Å². The van der Waals surface area contributed by atoms with Crippen molar-refractivity contribution in [3.8, 4) is 0 Å². The van der Waals surface area contributed by atoms with Crippen LogP contribution in [0.1, 0.15) is 25.3 Å². The molecule has 0 saturated carbocycles. The van der Waals surface area contributed by atoms with Crippen molar-refractivity contribution < 1.29 is 9.90 Å². The summed E-state index contributed by atoms with van der Waals surface area (Å²) in [5.74, 6) is -0.142. The molecular formula is C20H27NO2. The van der Waals surface area contributed by atoms with E-state index in [0.717, 1.165) is 24.8 Å². The molecule has 0 saturated heterocycles. The van der Waals surface area contributed by atoms with Crippen molar-refractivity contribution in [1.29, 1.82) is 0 Å². The Kier molecular flexibility index (Phi) is 8.70. The van der Waals surface area contributed by atoms with Crippen molar-refractivity contribution >= 4 is 5.91 Å². The number of allylic oxidation sites excluding steroid dienone is 2. The van der Waals surface area contributed by atoms with Crippen LogP contribution < -0.4 is 5.32 Å². The van der Waals surface area contributed by atoms with Gasteiger partial charge in [0.05, 0.1) is 12.6 Å². The molecule has 2 atom stereocenters. The molecule has 2 unspecified atom stereocenters. The molecule has 0 spiro atoms. The number of benzene rings is 1. The molecule has 0 fully saturated rings. The van der Waals surface area contributed by atoms with Crippen LogP contribution in [0.2, 0.25) is 0 Å². The summed E-state index contributed by atoms with van der Waals surface area (Å²) in [6.45, 7) is 9.09. The first-order valence-electron chi connectivity index (χ1n) is 8.02. The molecule has 0 aliphatic rings. The normalized spacial score (nSPS) is 13.9. The molecule has 1 aromatic carbocycles. The van der Waals surface area contributed by atoms with Crippen LogP contribution >= 0.6 is 0 Å². The maximum absolute atomic E-state index is 12.3. The van der Waals surface area contributed by atoms with Crippen molar-refractivity contribution in [2.75, 3.05) is 6.61 Å². The third-order valence-electron chi connectivity index (χ3n) is 3.84. The fourth-order valence-electron chi connectivity index (χ4n) is 2.40. The predicted octanol–water partition coefficient (Wildman–Crippen LogP) is 3.42. The van der Waals surface area contributed by atoms with Gasteiger partial charge in [-0.3, -0.25) is 4.79 Å². The summed E-state index contributed by atoms with van der Waals surface area (Å²) in [5.41, 5.74) is 2.04. The second-order valence-electron chi connectivity index (χ2n) is 5.63. The van der Waals surface area contributed by atoms with E-state index < -0.39 is 6.04 Å². The summed E-state index contributed by atoms with van der Waals surface area (Å²) in [6.07, 6.45) is 7.73. The molecule has 0 aromatic heterocycles. The molecule has 0 aliphatic carbocycles. The summed E-state index contributed by atoms with van der Waals surface area (Å²) < 4.78 is 0. The highest BCUT2D eigenvalue weighted by molar-refractivity contribution is 5.79. The van der Waals surface area contributed by atoms with Gasteiger partial charge >= 0.3 is 0 Å². The third-order valence-corrected chi connectivity index (χ3v) is 3.84. The molecule has 23 heavy (non-hydrogen) atoms. The summed E-state index contributed by atoms with van der Waals surface area (Å²) in [4.78, 5) is 12.3. The molecule has 1 aromatic rings. The Bertz CT molecular complexity index is 534. The Morgan fingerprint density at radius 1 is 1.30 bits per heavy atom. The highest BCUT2D eigenvalue weighted by Crippen LogP contribution is 2.12. The lowest BCUT2D eigenvalue weighted by Gasteiger charge is -2.20. The fourth-order valence-corrected chi connectivity index (χ4v) is 2.40. The third kappa shape index (κ3) is 6.66. The van der Waals surface area contributed by atoms with Crippen LogP contribution in [0.25, 0.3) is 0 Å². The number of aryl methyl sites for hydroxylation is 1. The molecule has 1 rings (SSSR count). The zero-order chi connectivity index (χ0) is 17.1. The van der Waals surface area contributed by atoms with Crippen LogP contribution in [-0.4, -0.2) is 23.7 Å². The van der Waals surface area contributed by atoms with Crippen molar-refractivity contribution in [1.82, 2.24) is 5.32 Å². The van der Waals surface area contributed by atoms with E-state index in [1.807, 2.05) is 25.1 Å². The van der Waals surface area contributed by atoms with Gasteiger partial charge in [0.1, 0.15) is 0 Å². The SMILES string of the molecule is C=CC=C(C=C)C(CO)NC(=O)C(C)CCCc1ccccc1. The average Bonchev–Trinajstić information content (AvgIpc) is 2.58. The van der Waals surface area contributed by atoms with E-state index in [9.17, 15) is 9.90 Å². The lowest BCUT2D eigenvalue weighted by molar-refractivity contribution is -0.125. The minimum atomic E-state index is -0.436.